The van der Waals surface area contributed by atoms with E-state index in [1.165, 1.54) is 18.2 Å². The van der Waals surface area contributed by atoms with Crippen LogP contribution >= 0.6 is 0 Å². The molecular weight excluding hydrogens is 460 g/mol. The standard InChI is InChI=1S/C23H20F4N2O3S/c1-2-12-33(31,32)17-9-10-18(15-6-4-3-5-7-15)21(14-17)29-22(30)28-20-11-8-16(24)13-19(20)23(25,26)27/h3-11,13-14H,2,12H2,1H3,(H2,28,29,30). The maximum absolute atomic E-state index is 13.3. The number of carbonyl (C=O) groups is 1. The average molecular weight is 480 g/mol. The summed E-state index contributed by atoms with van der Waals surface area (Å²) in [6.07, 6.45) is -4.51. The predicted octanol–water partition coefficient (Wildman–Crippen LogP) is 6.34. The summed E-state index contributed by atoms with van der Waals surface area (Å²) in [5.74, 6) is -1.21. The molecule has 0 aliphatic heterocycles. The Hall–Kier alpha value is -3.40. The molecule has 0 saturated carbocycles. The molecule has 2 N–H and O–H groups in total. The van der Waals surface area contributed by atoms with Crippen LogP contribution in [0.1, 0.15) is 18.9 Å². The lowest BCUT2D eigenvalue weighted by atomic mass is 10.0. The van der Waals surface area contributed by atoms with Crippen molar-refractivity contribution in [2.75, 3.05) is 16.4 Å². The van der Waals surface area contributed by atoms with Gasteiger partial charge in [0.15, 0.2) is 9.84 Å². The Labute approximate surface area is 188 Å². The van der Waals surface area contributed by atoms with E-state index < -0.39 is 39.1 Å². The minimum absolute atomic E-state index is 0.0305. The molecule has 3 rings (SSSR count). The molecule has 10 heteroatoms. The van der Waals surface area contributed by atoms with E-state index in [1.807, 2.05) is 0 Å². The molecule has 2 amide bonds. The molecule has 0 saturated heterocycles. The summed E-state index contributed by atoms with van der Waals surface area (Å²) in [7, 11) is -3.62. The maximum atomic E-state index is 13.3. The van der Waals surface area contributed by atoms with E-state index >= 15 is 0 Å². The van der Waals surface area contributed by atoms with Crippen LogP contribution in [0.25, 0.3) is 11.1 Å². The van der Waals surface area contributed by atoms with E-state index in [9.17, 15) is 30.8 Å². The summed E-state index contributed by atoms with van der Waals surface area (Å²) in [6, 6.07) is 13.8. The third-order valence-electron chi connectivity index (χ3n) is 4.69. The van der Waals surface area contributed by atoms with Crippen LogP contribution in [0.4, 0.5) is 33.7 Å². The molecule has 3 aromatic carbocycles. The van der Waals surface area contributed by atoms with Gasteiger partial charge in [0, 0.05) is 5.56 Å². The number of halogens is 4. The lowest BCUT2D eigenvalue weighted by molar-refractivity contribution is -0.137. The van der Waals surface area contributed by atoms with E-state index in [4.69, 9.17) is 0 Å². The zero-order valence-corrected chi connectivity index (χ0v) is 18.2. The van der Waals surface area contributed by atoms with Crippen LogP contribution in [0.5, 0.6) is 0 Å². The molecule has 0 spiro atoms. The molecule has 33 heavy (non-hydrogen) atoms. The number of anilines is 2. The highest BCUT2D eigenvalue weighted by atomic mass is 32.2. The van der Waals surface area contributed by atoms with Crippen molar-refractivity contribution in [3.05, 3.63) is 78.1 Å². The van der Waals surface area contributed by atoms with Gasteiger partial charge in [0.1, 0.15) is 5.82 Å². The maximum Gasteiger partial charge on any atom is 0.418 e. The first kappa shape index (κ1) is 24.2. The minimum Gasteiger partial charge on any atom is -0.307 e. The van der Waals surface area contributed by atoms with E-state index in [-0.39, 0.29) is 22.4 Å². The number of alkyl halides is 3. The van der Waals surface area contributed by atoms with Gasteiger partial charge in [-0.05, 0) is 42.3 Å². The summed E-state index contributed by atoms with van der Waals surface area (Å²) in [5, 5.41) is 4.50. The third-order valence-corrected chi connectivity index (χ3v) is 6.61. The molecule has 0 heterocycles. The fourth-order valence-corrected chi connectivity index (χ4v) is 4.56. The Balaban J connectivity index is 1.99. The molecule has 0 bridgehead atoms. The molecular formula is C23H20F4N2O3S. The van der Waals surface area contributed by atoms with E-state index in [0.717, 1.165) is 12.1 Å². The van der Waals surface area contributed by atoms with Gasteiger partial charge >= 0.3 is 12.2 Å². The number of rotatable bonds is 6. The molecule has 174 valence electrons. The highest BCUT2D eigenvalue weighted by Gasteiger charge is 2.34. The zero-order valence-electron chi connectivity index (χ0n) is 17.4. The van der Waals surface area contributed by atoms with E-state index in [0.29, 0.717) is 17.5 Å². The van der Waals surface area contributed by atoms with Gasteiger partial charge < -0.3 is 10.6 Å². The van der Waals surface area contributed by atoms with E-state index in [2.05, 4.69) is 10.6 Å². The van der Waals surface area contributed by atoms with Gasteiger partial charge in [0.2, 0.25) is 0 Å². The van der Waals surface area contributed by atoms with Gasteiger partial charge in [-0.3, -0.25) is 0 Å². The number of urea groups is 1. The summed E-state index contributed by atoms with van der Waals surface area (Å²) >= 11 is 0. The van der Waals surface area contributed by atoms with Crippen molar-refractivity contribution >= 4 is 27.2 Å². The second kappa shape index (κ2) is 9.62. The summed E-state index contributed by atoms with van der Waals surface area (Å²) < 4.78 is 78.1. The lowest BCUT2D eigenvalue weighted by Crippen LogP contribution is -2.22. The molecule has 0 radical (unpaired) electrons. The summed E-state index contributed by atoms with van der Waals surface area (Å²) in [4.78, 5) is 12.6. The van der Waals surface area contributed by atoms with Crippen LogP contribution in [0.15, 0.2) is 71.6 Å². The molecule has 5 nitrogen and oxygen atoms in total. The molecule has 3 aromatic rings. The number of carbonyl (C=O) groups excluding carboxylic acids is 1. The molecule has 0 fully saturated rings. The fourth-order valence-electron chi connectivity index (χ4n) is 3.21. The van der Waals surface area contributed by atoms with Gasteiger partial charge in [-0.15, -0.1) is 0 Å². The fraction of sp³-hybridized carbons (Fsp3) is 0.174. The SMILES string of the molecule is CCCS(=O)(=O)c1ccc(-c2ccccc2)c(NC(=O)Nc2ccc(F)cc2C(F)(F)F)c1. The van der Waals surface area contributed by atoms with Crippen molar-refractivity contribution in [1.29, 1.82) is 0 Å². The topological polar surface area (TPSA) is 75.3 Å². The quantitative estimate of drug-likeness (QED) is 0.404. The second-order valence-corrected chi connectivity index (χ2v) is 9.27. The van der Waals surface area contributed by atoms with Crippen molar-refractivity contribution in [3.63, 3.8) is 0 Å². The second-order valence-electron chi connectivity index (χ2n) is 7.16. The highest BCUT2D eigenvalue weighted by molar-refractivity contribution is 7.91. The van der Waals surface area contributed by atoms with Crippen LogP contribution in [0.2, 0.25) is 0 Å². The van der Waals surface area contributed by atoms with Crippen molar-refractivity contribution in [2.45, 2.75) is 24.4 Å². The molecule has 0 unspecified atom stereocenters. The number of hydrogen-bond acceptors (Lipinski definition) is 3. The van der Waals surface area contributed by atoms with Gasteiger partial charge in [0.05, 0.1) is 27.6 Å². The minimum atomic E-state index is -4.89. The number of hydrogen-bond donors (Lipinski definition) is 2. The summed E-state index contributed by atoms with van der Waals surface area (Å²) in [5.41, 5.74) is -0.773. The predicted molar refractivity (Wildman–Crippen MR) is 118 cm³/mol. The van der Waals surface area contributed by atoms with Crippen molar-refractivity contribution < 1.29 is 30.8 Å². The number of amides is 2. The number of benzene rings is 3. The Bertz CT molecular complexity index is 1260. The van der Waals surface area contributed by atoms with E-state index in [1.54, 1.807) is 37.3 Å². The van der Waals surface area contributed by atoms with Crippen LogP contribution in [0, 0.1) is 5.82 Å². The largest absolute Gasteiger partial charge is 0.418 e. The molecule has 0 atom stereocenters. The Morgan fingerprint density at radius 2 is 1.58 bits per heavy atom. The molecule has 0 aromatic heterocycles. The first-order valence-corrected chi connectivity index (χ1v) is 11.5. The number of nitrogens with one attached hydrogen (secondary N) is 2. The Morgan fingerprint density at radius 3 is 2.21 bits per heavy atom. The van der Waals surface area contributed by atoms with Crippen molar-refractivity contribution in [3.8, 4) is 11.1 Å². The van der Waals surface area contributed by atoms with Crippen LogP contribution < -0.4 is 10.6 Å². The smallest absolute Gasteiger partial charge is 0.307 e. The zero-order chi connectivity index (χ0) is 24.2. The van der Waals surface area contributed by atoms with Crippen LogP contribution in [-0.2, 0) is 16.0 Å². The first-order valence-electron chi connectivity index (χ1n) is 9.88. The number of sulfone groups is 1. The van der Waals surface area contributed by atoms with Crippen molar-refractivity contribution in [2.24, 2.45) is 0 Å². The van der Waals surface area contributed by atoms with Gasteiger partial charge in [-0.2, -0.15) is 13.2 Å². The van der Waals surface area contributed by atoms with Gasteiger partial charge in [-0.1, -0.05) is 43.3 Å². The molecule has 0 aliphatic rings. The lowest BCUT2D eigenvalue weighted by Gasteiger charge is -2.16. The summed E-state index contributed by atoms with van der Waals surface area (Å²) in [6.45, 7) is 1.71. The van der Waals surface area contributed by atoms with Crippen LogP contribution in [0.3, 0.4) is 0 Å². The average Bonchev–Trinajstić information content (AvgIpc) is 2.75. The van der Waals surface area contributed by atoms with Gasteiger partial charge in [0.25, 0.3) is 0 Å². The monoisotopic (exact) mass is 480 g/mol. The molecule has 0 aliphatic carbocycles. The normalized spacial score (nSPS) is 11.8. The first-order chi connectivity index (χ1) is 15.5. The highest BCUT2D eigenvalue weighted by Crippen LogP contribution is 2.36. The van der Waals surface area contributed by atoms with Gasteiger partial charge in [-0.25, -0.2) is 17.6 Å². The van der Waals surface area contributed by atoms with Crippen molar-refractivity contribution in [1.82, 2.24) is 0 Å². The third kappa shape index (κ3) is 5.89. The Kier molecular flexibility index (Phi) is 7.06. The van der Waals surface area contributed by atoms with Crippen LogP contribution in [-0.4, -0.2) is 20.2 Å². The Morgan fingerprint density at radius 1 is 0.909 bits per heavy atom.